The standard InChI is InChI=1S/C11H15BrIN3/c1-4-16(5-2)15-14-11-8(3)6-9(12)7-10(11)13/h6-7H,4-5H2,1-3H3. The molecule has 16 heavy (non-hydrogen) atoms. The first-order valence-electron chi connectivity index (χ1n) is 5.20. The number of rotatable bonds is 4. The highest BCUT2D eigenvalue weighted by Gasteiger charge is 2.04. The van der Waals surface area contributed by atoms with Gasteiger partial charge in [-0.05, 0) is 61.1 Å². The van der Waals surface area contributed by atoms with E-state index in [9.17, 15) is 0 Å². The molecule has 0 bridgehead atoms. The Morgan fingerprint density at radius 1 is 1.31 bits per heavy atom. The first-order valence-corrected chi connectivity index (χ1v) is 7.07. The van der Waals surface area contributed by atoms with Gasteiger partial charge in [0, 0.05) is 21.1 Å². The molecule has 1 aromatic rings. The summed E-state index contributed by atoms with van der Waals surface area (Å²) in [4.78, 5) is 0. The molecule has 0 fully saturated rings. The average Bonchev–Trinajstić information content (AvgIpc) is 2.22. The number of halogens is 2. The topological polar surface area (TPSA) is 28.0 Å². The number of benzene rings is 1. The summed E-state index contributed by atoms with van der Waals surface area (Å²) < 4.78 is 2.19. The quantitative estimate of drug-likeness (QED) is 0.412. The molecule has 0 unspecified atom stereocenters. The predicted octanol–water partition coefficient (Wildman–Crippen LogP) is 4.70. The molecule has 0 amide bonds. The van der Waals surface area contributed by atoms with Crippen molar-refractivity contribution in [2.45, 2.75) is 20.8 Å². The van der Waals surface area contributed by atoms with Crippen LogP contribution in [0, 0.1) is 10.5 Å². The van der Waals surface area contributed by atoms with Crippen molar-refractivity contribution in [3.8, 4) is 0 Å². The Kier molecular flexibility index (Phi) is 5.68. The van der Waals surface area contributed by atoms with Gasteiger partial charge in [-0.1, -0.05) is 21.2 Å². The van der Waals surface area contributed by atoms with Crippen molar-refractivity contribution in [2.75, 3.05) is 13.1 Å². The fourth-order valence-corrected chi connectivity index (χ4v) is 3.15. The molecule has 0 aliphatic heterocycles. The van der Waals surface area contributed by atoms with Gasteiger partial charge in [0.05, 0.1) is 0 Å². The van der Waals surface area contributed by atoms with Crippen LogP contribution in [0.25, 0.3) is 0 Å². The van der Waals surface area contributed by atoms with Gasteiger partial charge in [-0.15, -0.1) is 5.11 Å². The van der Waals surface area contributed by atoms with Crippen LogP contribution >= 0.6 is 38.5 Å². The SMILES string of the molecule is CCN(CC)N=Nc1c(C)cc(Br)cc1I. The van der Waals surface area contributed by atoms with E-state index < -0.39 is 0 Å². The van der Waals surface area contributed by atoms with Gasteiger partial charge in [-0.2, -0.15) is 0 Å². The van der Waals surface area contributed by atoms with Crippen molar-refractivity contribution >= 4 is 44.2 Å². The second-order valence-corrected chi connectivity index (χ2v) is 5.46. The third kappa shape index (κ3) is 3.69. The maximum Gasteiger partial charge on any atom is 0.104 e. The van der Waals surface area contributed by atoms with Crippen LogP contribution in [-0.2, 0) is 0 Å². The molecule has 0 aliphatic carbocycles. The van der Waals surface area contributed by atoms with Crippen LogP contribution < -0.4 is 0 Å². The maximum absolute atomic E-state index is 4.31. The van der Waals surface area contributed by atoms with Crippen molar-refractivity contribution < 1.29 is 0 Å². The Bertz CT molecular complexity index is 366. The van der Waals surface area contributed by atoms with E-state index >= 15 is 0 Å². The van der Waals surface area contributed by atoms with Crippen LogP contribution in [-0.4, -0.2) is 18.1 Å². The minimum Gasteiger partial charge on any atom is -0.279 e. The van der Waals surface area contributed by atoms with Gasteiger partial charge in [0.15, 0.2) is 0 Å². The van der Waals surface area contributed by atoms with Crippen LogP contribution in [0.4, 0.5) is 5.69 Å². The van der Waals surface area contributed by atoms with Crippen LogP contribution in [0.1, 0.15) is 19.4 Å². The molecule has 0 aliphatic rings. The zero-order valence-electron chi connectivity index (χ0n) is 9.67. The molecule has 0 saturated carbocycles. The molecule has 1 rings (SSSR count). The van der Waals surface area contributed by atoms with Crippen molar-refractivity contribution in [2.24, 2.45) is 10.3 Å². The zero-order valence-corrected chi connectivity index (χ0v) is 13.4. The highest BCUT2D eigenvalue weighted by Crippen LogP contribution is 2.29. The average molecular weight is 396 g/mol. The Morgan fingerprint density at radius 3 is 2.44 bits per heavy atom. The van der Waals surface area contributed by atoms with Gasteiger partial charge in [-0.3, -0.25) is 5.01 Å². The lowest BCUT2D eigenvalue weighted by molar-refractivity contribution is 0.300. The minimum absolute atomic E-state index is 0.881. The van der Waals surface area contributed by atoms with E-state index in [1.165, 1.54) is 0 Å². The monoisotopic (exact) mass is 395 g/mol. The molecular formula is C11H15BrIN3. The molecule has 5 heteroatoms. The summed E-state index contributed by atoms with van der Waals surface area (Å²) in [6.07, 6.45) is 0. The molecule has 3 nitrogen and oxygen atoms in total. The smallest absolute Gasteiger partial charge is 0.104 e. The molecule has 0 spiro atoms. The van der Waals surface area contributed by atoms with Crippen LogP contribution in [0.3, 0.4) is 0 Å². The van der Waals surface area contributed by atoms with Gasteiger partial charge in [0.1, 0.15) is 5.69 Å². The summed E-state index contributed by atoms with van der Waals surface area (Å²) >= 11 is 5.75. The normalized spacial score (nSPS) is 11.1. The Balaban J connectivity index is 2.97. The molecule has 0 aromatic heterocycles. The molecule has 0 atom stereocenters. The van der Waals surface area contributed by atoms with E-state index in [4.69, 9.17) is 0 Å². The first kappa shape index (κ1) is 13.9. The lowest BCUT2D eigenvalue weighted by Crippen LogP contribution is -2.14. The fraction of sp³-hybridized carbons (Fsp3) is 0.455. The molecule has 0 N–H and O–H groups in total. The lowest BCUT2D eigenvalue weighted by Gasteiger charge is -2.12. The van der Waals surface area contributed by atoms with Gasteiger partial charge in [0.25, 0.3) is 0 Å². The molecule has 0 saturated heterocycles. The van der Waals surface area contributed by atoms with Crippen LogP contribution in [0.15, 0.2) is 26.9 Å². The largest absolute Gasteiger partial charge is 0.279 e. The zero-order chi connectivity index (χ0) is 12.1. The second kappa shape index (κ2) is 6.54. The summed E-state index contributed by atoms with van der Waals surface area (Å²) in [5, 5.41) is 10.5. The van der Waals surface area contributed by atoms with Crippen molar-refractivity contribution in [1.82, 2.24) is 5.01 Å². The Labute approximate surface area is 119 Å². The number of hydrogen-bond donors (Lipinski definition) is 0. The first-order chi connectivity index (χ1) is 7.58. The fourth-order valence-electron chi connectivity index (χ4n) is 1.28. The van der Waals surface area contributed by atoms with Crippen molar-refractivity contribution in [1.29, 1.82) is 0 Å². The predicted molar refractivity (Wildman–Crippen MR) is 79.0 cm³/mol. The third-order valence-corrected chi connectivity index (χ3v) is 3.50. The minimum atomic E-state index is 0.881. The van der Waals surface area contributed by atoms with E-state index in [1.54, 1.807) is 0 Å². The molecule has 0 radical (unpaired) electrons. The highest BCUT2D eigenvalue weighted by molar-refractivity contribution is 14.1. The van der Waals surface area contributed by atoms with Crippen LogP contribution in [0.2, 0.25) is 0 Å². The van der Waals surface area contributed by atoms with Crippen LogP contribution in [0.5, 0.6) is 0 Å². The van der Waals surface area contributed by atoms with E-state index in [-0.39, 0.29) is 0 Å². The van der Waals surface area contributed by atoms with Crippen molar-refractivity contribution in [3.63, 3.8) is 0 Å². The number of aryl methyl sites for hydroxylation is 1. The molecule has 0 heterocycles. The third-order valence-electron chi connectivity index (χ3n) is 2.22. The van der Waals surface area contributed by atoms with E-state index in [1.807, 2.05) is 18.0 Å². The summed E-state index contributed by atoms with van der Waals surface area (Å²) in [5.41, 5.74) is 2.09. The maximum atomic E-state index is 4.31. The van der Waals surface area contributed by atoms with E-state index in [0.29, 0.717) is 0 Å². The Hall–Kier alpha value is -0.170. The second-order valence-electron chi connectivity index (χ2n) is 3.38. The van der Waals surface area contributed by atoms with E-state index in [2.05, 4.69) is 68.8 Å². The number of nitrogens with zero attached hydrogens (tertiary/aromatic N) is 3. The summed E-state index contributed by atoms with van der Waals surface area (Å²) in [5.74, 6) is 0. The van der Waals surface area contributed by atoms with Crippen molar-refractivity contribution in [3.05, 3.63) is 25.7 Å². The highest BCUT2D eigenvalue weighted by atomic mass is 127. The van der Waals surface area contributed by atoms with Gasteiger partial charge < -0.3 is 0 Å². The summed E-state index contributed by atoms with van der Waals surface area (Å²) in [7, 11) is 0. The summed E-state index contributed by atoms with van der Waals surface area (Å²) in [6.45, 7) is 7.95. The van der Waals surface area contributed by atoms with Gasteiger partial charge in [-0.25, -0.2) is 0 Å². The lowest BCUT2D eigenvalue weighted by atomic mass is 10.2. The molecule has 88 valence electrons. The summed E-state index contributed by atoms with van der Waals surface area (Å²) in [6, 6.07) is 4.10. The molecular weight excluding hydrogens is 381 g/mol. The van der Waals surface area contributed by atoms with Gasteiger partial charge >= 0.3 is 0 Å². The van der Waals surface area contributed by atoms with E-state index in [0.717, 1.165) is 32.4 Å². The van der Waals surface area contributed by atoms with Gasteiger partial charge in [0.2, 0.25) is 0 Å². The number of hydrogen-bond acceptors (Lipinski definition) is 2. The molecule has 1 aromatic carbocycles. The Morgan fingerprint density at radius 2 is 1.94 bits per heavy atom.